The molecular weight excluding hydrogens is 377 g/mol. The monoisotopic (exact) mass is 385 g/mol. The molecule has 0 fully saturated rings. The van der Waals surface area contributed by atoms with E-state index < -0.39 is 0 Å². The number of carbonyl (C=O) groups is 1. The van der Waals surface area contributed by atoms with Crippen molar-refractivity contribution < 1.29 is 9.18 Å². The molecular formula is C14H10Br2FNO. The van der Waals surface area contributed by atoms with Crippen molar-refractivity contribution in [3.8, 4) is 0 Å². The molecule has 2 nitrogen and oxygen atoms in total. The zero-order valence-electron chi connectivity index (χ0n) is 10.0. The summed E-state index contributed by atoms with van der Waals surface area (Å²) in [5.41, 5.74) is 1.70. The molecule has 2 aromatic carbocycles. The van der Waals surface area contributed by atoms with Crippen LogP contribution in [0.15, 0.2) is 45.3 Å². The quantitative estimate of drug-likeness (QED) is 0.780. The topological polar surface area (TPSA) is 29.1 Å². The molecule has 2 rings (SSSR count). The summed E-state index contributed by atoms with van der Waals surface area (Å²) in [6.07, 6.45) is 0. The zero-order chi connectivity index (χ0) is 14.0. The van der Waals surface area contributed by atoms with Crippen LogP contribution in [-0.2, 0) is 0 Å². The maximum Gasteiger partial charge on any atom is 0.255 e. The van der Waals surface area contributed by atoms with E-state index in [4.69, 9.17) is 0 Å². The summed E-state index contributed by atoms with van der Waals surface area (Å²) >= 11 is 6.75. The first-order chi connectivity index (χ1) is 8.99. The highest BCUT2D eigenvalue weighted by Gasteiger charge is 2.13. The molecule has 0 unspecified atom stereocenters. The van der Waals surface area contributed by atoms with Gasteiger partial charge in [0.2, 0.25) is 0 Å². The lowest BCUT2D eigenvalue weighted by molar-refractivity contribution is 0.102. The first-order valence-corrected chi connectivity index (χ1v) is 7.09. The average Bonchev–Trinajstić information content (AvgIpc) is 2.33. The van der Waals surface area contributed by atoms with Crippen LogP contribution in [0.1, 0.15) is 15.9 Å². The molecule has 0 aromatic heterocycles. The van der Waals surface area contributed by atoms with Crippen molar-refractivity contribution in [2.45, 2.75) is 6.92 Å². The molecule has 1 amide bonds. The Morgan fingerprint density at radius 1 is 1.16 bits per heavy atom. The second-order valence-electron chi connectivity index (χ2n) is 4.01. The summed E-state index contributed by atoms with van der Waals surface area (Å²) in [5, 5.41) is 2.80. The van der Waals surface area contributed by atoms with E-state index in [1.54, 1.807) is 6.92 Å². The van der Waals surface area contributed by atoms with Crippen LogP contribution in [0.5, 0.6) is 0 Å². The number of benzene rings is 2. The Morgan fingerprint density at radius 3 is 2.37 bits per heavy atom. The molecule has 0 radical (unpaired) electrons. The SMILES string of the molecule is Cc1cc(F)ccc1C(=O)Nc1c(Br)cccc1Br. The number of anilines is 1. The van der Waals surface area contributed by atoms with Crippen LogP contribution < -0.4 is 5.32 Å². The van der Waals surface area contributed by atoms with Gasteiger partial charge in [0, 0.05) is 14.5 Å². The number of rotatable bonds is 2. The van der Waals surface area contributed by atoms with Gasteiger partial charge in [-0.1, -0.05) is 6.07 Å². The van der Waals surface area contributed by atoms with E-state index >= 15 is 0 Å². The molecule has 0 bridgehead atoms. The van der Waals surface area contributed by atoms with Gasteiger partial charge < -0.3 is 5.32 Å². The molecule has 0 heterocycles. The highest BCUT2D eigenvalue weighted by atomic mass is 79.9. The first kappa shape index (κ1) is 14.2. The fraction of sp³-hybridized carbons (Fsp3) is 0.0714. The molecule has 0 spiro atoms. The van der Waals surface area contributed by atoms with Crippen molar-refractivity contribution in [1.29, 1.82) is 0 Å². The van der Waals surface area contributed by atoms with E-state index in [9.17, 15) is 9.18 Å². The van der Waals surface area contributed by atoms with Gasteiger partial charge in [-0.05, 0) is 74.7 Å². The highest BCUT2D eigenvalue weighted by molar-refractivity contribution is 9.11. The van der Waals surface area contributed by atoms with Crippen LogP contribution in [-0.4, -0.2) is 5.91 Å². The fourth-order valence-electron chi connectivity index (χ4n) is 1.68. The highest BCUT2D eigenvalue weighted by Crippen LogP contribution is 2.31. The number of carbonyl (C=O) groups excluding carboxylic acids is 1. The minimum Gasteiger partial charge on any atom is -0.320 e. The Morgan fingerprint density at radius 2 is 1.79 bits per heavy atom. The minimum atomic E-state index is -0.351. The second kappa shape index (κ2) is 5.84. The Labute approximate surface area is 127 Å². The number of para-hydroxylation sites is 1. The standard InChI is InChI=1S/C14H10Br2FNO/c1-8-7-9(17)5-6-10(8)14(19)18-13-11(15)3-2-4-12(13)16/h2-7H,1H3,(H,18,19). The van der Waals surface area contributed by atoms with Gasteiger partial charge in [0.25, 0.3) is 5.91 Å². The van der Waals surface area contributed by atoms with Crippen molar-refractivity contribution in [1.82, 2.24) is 0 Å². The lowest BCUT2D eigenvalue weighted by Crippen LogP contribution is -2.14. The molecule has 0 saturated heterocycles. The van der Waals surface area contributed by atoms with Crippen LogP contribution in [0.25, 0.3) is 0 Å². The van der Waals surface area contributed by atoms with Crippen molar-refractivity contribution in [2.75, 3.05) is 5.32 Å². The van der Waals surface area contributed by atoms with Gasteiger partial charge in [0.1, 0.15) is 5.82 Å². The Balaban J connectivity index is 2.31. The minimum absolute atomic E-state index is 0.273. The predicted octanol–water partition coefficient (Wildman–Crippen LogP) is 4.91. The van der Waals surface area contributed by atoms with E-state index in [0.717, 1.165) is 8.95 Å². The van der Waals surface area contributed by atoms with Gasteiger partial charge in [-0.15, -0.1) is 0 Å². The summed E-state index contributed by atoms with van der Waals surface area (Å²) < 4.78 is 14.6. The van der Waals surface area contributed by atoms with Crippen molar-refractivity contribution in [3.05, 3.63) is 62.3 Å². The van der Waals surface area contributed by atoms with Gasteiger partial charge in [0.05, 0.1) is 5.69 Å². The van der Waals surface area contributed by atoms with Gasteiger partial charge in [-0.3, -0.25) is 4.79 Å². The summed E-state index contributed by atoms with van der Waals surface area (Å²) in [4.78, 5) is 12.2. The predicted molar refractivity (Wildman–Crippen MR) is 80.9 cm³/mol. The third kappa shape index (κ3) is 3.22. The van der Waals surface area contributed by atoms with E-state index in [1.807, 2.05) is 18.2 Å². The number of hydrogen-bond donors (Lipinski definition) is 1. The van der Waals surface area contributed by atoms with Crippen LogP contribution in [0.2, 0.25) is 0 Å². The van der Waals surface area contributed by atoms with E-state index in [0.29, 0.717) is 16.8 Å². The van der Waals surface area contributed by atoms with Crippen LogP contribution >= 0.6 is 31.9 Å². The van der Waals surface area contributed by atoms with Crippen molar-refractivity contribution in [3.63, 3.8) is 0 Å². The first-order valence-electron chi connectivity index (χ1n) is 5.50. The van der Waals surface area contributed by atoms with Gasteiger partial charge in [0.15, 0.2) is 0 Å². The maximum absolute atomic E-state index is 13.0. The lowest BCUT2D eigenvalue weighted by Gasteiger charge is -2.11. The molecule has 1 N–H and O–H groups in total. The zero-order valence-corrected chi connectivity index (χ0v) is 13.2. The van der Waals surface area contributed by atoms with E-state index in [-0.39, 0.29) is 11.7 Å². The fourth-order valence-corrected chi connectivity index (χ4v) is 2.88. The van der Waals surface area contributed by atoms with Gasteiger partial charge in [-0.2, -0.15) is 0 Å². The Kier molecular flexibility index (Phi) is 4.37. The number of halogens is 3. The molecule has 0 atom stereocenters. The van der Waals surface area contributed by atoms with Crippen LogP contribution in [0, 0.1) is 12.7 Å². The molecule has 2 aromatic rings. The van der Waals surface area contributed by atoms with E-state index in [2.05, 4.69) is 37.2 Å². The molecule has 0 aliphatic heterocycles. The van der Waals surface area contributed by atoms with Crippen molar-refractivity contribution >= 4 is 43.5 Å². The smallest absolute Gasteiger partial charge is 0.255 e. The summed E-state index contributed by atoms with van der Waals surface area (Å²) in [6, 6.07) is 9.61. The largest absolute Gasteiger partial charge is 0.320 e. The number of hydrogen-bond acceptors (Lipinski definition) is 1. The molecule has 98 valence electrons. The summed E-state index contributed by atoms with van der Waals surface area (Å²) in [5.74, 6) is -0.624. The third-order valence-corrected chi connectivity index (χ3v) is 3.96. The average molecular weight is 387 g/mol. The number of nitrogens with one attached hydrogen (secondary N) is 1. The summed E-state index contributed by atoms with van der Waals surface area (Å²) in [7, 11) is 0. The van der Waals surface area contributed by atoms with E-state index in [1.165, 1.54) is 18.2 Å². The molecule has 0 aliphatic rings. The maximum atomic E-state index is 13.0. The van der Waals surface area contributed by atoms with Crippen LogP contribution in [0.4, 0.5) is 10.1 Å². The number of amides is 1. The molecule has 0 aliphatic carbocycles. The van der Waals surface area contributed by atoms with Crippen LogP contribution in [0.3, 0.4) is 0 Å². The van der Waals surface area contributed by atoms with Gasteiger partial charge >= 0.3 is 0 Å². The Bertz CT molecular complexity index is 623. The normalized spacial score (nSPS) is 10.3. The van der Waals surface area contributed by atoms with Crippen molar-refractivity contribution in [2.24, 2.45) is 0 Å². The third-order valence-electron chi connectivity index (χ3n) is 2.63. The molecule has 19 heavy (non-hydrogen) atoms. The number of aryl methyl sites for hydroxylation is 1. The Hall–Kier alpha value is -1.20. The summed E-state index contributed by atoms with van der Waals surface area (Å²) in [6.45, 7) is 1.70. The second-order valence-corrected chi connectivity index (χ2v) is 5.72. The molecule has 0 saturated carbocycles. The molecule has 5 heteroatoms. The van der Waals surface area contributed by atoms with Gasteiger partial charge in [-0.25, -0.2) is 4.39 Å². The lowest BCUT2D eigenvalue weighted by atomic mass is 10.1.